The van der Waals surface area contributed by atoms with E-state index in [1.54, 1.807) is 0 Å². The number of nitrogens with one attached hydrogen (secondary N) is 1. The Morgan fingerprint density at radius 3 is 2.30 bits per heavy atom. The minimum atomic E-state index is 0.534. The second kappa shape index (κ2) is 8.21. The highest BCUT2D eigenvalue weighted by atomic mass is 15.2. The van der Waals surface area contributed by atoms with E-state index in [1.807, 2.05) is 13.0 Å². The van der Waals surface area contributed by atoms with E-state index >= 15 is 0 Å². The van der Waals surface area contributed by atoms with Gasteiger partial charge in [-0.2, -0.15) is 0 Å². The first-order valence-corrected chi connectivity index (χ1v) is 9.77. The van der Waals surface area contributed by atoms with Crippen molar-refractivity contribution in [1.82, 2.24) is 9.97 Å². The molecule has 0 aliphatic heterocycles. The van der Waals surface area contributed by atoms with Gasteiger partial charge in [0, 0.05) is 24.3 Å². The Bertz CT molecular complexity index is 858. The number of benzene rings is 2. The van der Waals surface area contributed by atoms with Crippen LogP contribution in [0.25, 0.3) is 0 Å². The Balaban J connectivity index is 1.67. The van der Waals surface area contributed by atoms with E-state index in [4.69, 9.17) is 4.98 Å². The van der Waals surface area contributed by atoms with Crippen molar-refractivity contribution in [2.45, 2.75) is 45.2 Å². The smallest absolute Gasteiger partial charge is 0.139 e. The molecular formula is C23H26N4. The molecule has 1 heterocycles. The molecule has 1 aliphatic rings. The first-order chi connectivity index (χ1) is 13.3. The molecule has 27 heavy (non-hydrogen) atoms. The van der Waals surface area contributed by atoms with Crippen molar-refractivity contribution in [1.29, 1.82) is 0 Å². The van der Waals surface area contributed by atoms with Crippen LogP contribution in [0, 0.1) is 6.92 Å². The van der Waals surface area contributed by atoms with Crippen LogP contribution in [0.4, 0.5) is 17.3 Å². The summed E-state index contributed by atoms with van der Waals surface area (Å²) in [5, 5.41) is 3.61. The Morgan fingerprint density at radius 1 is 0.926 bits per heavy atom. The lowest BCUT2D eigenvalue weighted by atomic mass is 10.2. The Hall–Kier alpha value is -2.88. The van der Waals surface area contributed by atoms with Crippen LogP contribution in [-0.4, -0.2) is 16.0 Å². The standard InChI is InChI=1S/C23H26N4/c1-18-24-22(26-20-12-8-9-13-20)16-23(25-18)27(21-14-6-3-7-15-21)17-19-10-4-2-5-11-19/h2-7,10-11,14-16,20H,8-9,12-13,17H2,1H3,(H,24,25,26). The summed E-state index contributed by atoms with van der Waals surface area (Å²) in [6, 6.07) is 23.6. The average molecular weight is 358 g/mol. The normalized spacial score (nSPS) is 14.3. The Labute approximate surface area is 161 Å². The molecule has 1 N–H and O–H groups in total. The molecule has 138 valence electrons. The van der Waals surface area contributed by atoms with Crippen molar-refractivity contribution in [2.24, 2.45) is 0 Å². The summed E-state index contributed by atoms with van der Waals surface area (Å²) in [7, 11) is 0. The van der Waals surface area contributed by atoms with E-state index in [9.17, 15) is 0 Å². The lowest BCUT2D eigenvalue weighted by Crippen LogP contribution is -2.20. The highest BCUT2D eigenvalue weighted by Crippen LogP contribution is 2.29. The van der Waals surface area contributed by atoms with Gasteiger partial charge in [-0.15, -0.1) is 0 Å². The molecule has 0 bridgehead atoms. The first-order valence-electron chi connectivity index (χ1n) is 9.77. The van der Waals surface area contributed by atoms with Crippen LogP contribution in [0.5, 0.6) is 0 Å². The van der Waals surface area contributed by atoms with E-state index in [-0.39, 0.29) is 0 Å². The maximum absolute atomic E-state index is 4.76. The molecule has 1 fully saturated rings. The second-order valence-electron chi connectivity index (χ2n) is 7.19. The topological polar surface area (TPSA) is 41.1 Å². The third-order valence-electron chi connectivity index (χ3n) is 5.06. The predicted octanol–water partition coefficient (Wildman–Crippen LogP) is 5.48. The maximum Gasteiger partial charge on any atom is 0.139 e. The first kappa shape index (κ1) is 17.5. The van der Waals surface area contributed by atoms with Gasteiger partial charge < -0.3 is 10.2 Å². The molecule has 0 saturated heterocycles. The third-order valence-corrected chi connectivity index (χ3v) is 5.06. The van der Waals surface area contributed by atoms with Gasteiger partial charge in [0.15, 0.2) is 0 Å². The zero-order valence-corrected chi connectivity index (χ0v) is 15.8. The SMILES string of the molecule is Cc1nc(NC2CCCC2)cc(N(Cc2ccccc2)c2ccccc2)n1. The van der Waals surface area contributed by atoms with Crippen LogP contribution >= 0.6 is 0 Å². The summed E-state index contributed by atoms with van der Waals surface area (Å²) in [6.07, 6.45) is 5.06. The van der Waals surface area contributed by atoms with E-state index in [2.05, 4.69) is 75.9 Å². The fraction of sp³-hybridized carbons (Fsp3) is 0.304. The fourth-order valence-corrected chi connectivity index (χ4v) is 3.72. The average Bonchev–Trinajstić information content (AvgIpc) is 3.20. The maximum atomic E-state index is 4.76. The monoisotopic (exact) mass is 358 g/mol. The van der Waals surface area contributed by atoms with Gasteiger partial charge in [0.2, 0.25) is 0 Å². The van der Waals surface area contributed by atoms with Gasteiger partial charge in [-0.3, -0.25) is 0 Å². The van der Waals surface area contributed by atoms with Gasteiger partial charge in [-0.1, -0.05) is 61.4 Å². The van der Waals surface area contributed by atoms with Crippen LogP contribution in [-0.2, 0) is 6.54 Å². The highest BCUT2D eigenvalue weighted by Gasteiger charge is 2.18. The molecule has 1 aliphatic carbocycles. The molecule has 1 aromatic heterocycles. The third kappa shape index (κ3) is 4.45. The van der Waals surface area contributed by atoms with Gasteiger partial charge in [0.05, 0.1) is 0 Å². The van der Waals surface area contributed by atoms with Gasteiger partial charge in [-0.05, 0) is 37.5 Å². The summed E-state index contributed by atoms with van der Waals surface area (Å²) in [5.41, 5.74) is 2.38. The highest BCUT2D eigenvalue weighted by molar-refractivity contribution is 5.63. The summed E-state index contributed by atoms with van der Waals surface area (Å²) < 4.78 is 0. The zero-order chi connectivity index (χ0) is 18.5. The fourth-order valence-electron chi connectivity index (χ4n) is 3.72. The molecule has 2 aromatic carbocycles. The van der Waals surface area contributed by atoms with Gasteiger partial charge in [-0.25, -0.2) is 9.97 Å². The summed E-state index contributed by atoms with van der Waals surface area (Å²) >= 11 is 0. The number of aryl methyl sites for hydroxylation is 1. The number of para-hydroxylation sites is 1. The molecule has 4 rings (SSSR count). The molecule has 0 atom stereocenters. The number of nitrogens with zero attached hydrogens (tertiary/aromatic N) is 3. The molecular weight excluding hydrogens is 332 g/mol. The number of anilines is 3. The summed E-state index contributed by atoms with van der Waals surface area (Å²) in [6.45, 7) is 2.74. The van der Waals surface area contributed by atoms with Crippen molar-refractivity contribution < 1.29 is 0 Å². The quantitative estimate of drug-likeness (QED) is 0.634. The Morgan fingerprint density at radius 2 is 1.59 bits per heavy atom. The van der Waals surface area contributed by atoms with Crippen LogP contribution in [0.1, 0.15) is 37.1 Å². The molecule has 0 radical (unpaired) electrons. The van der Waals surface area contributed by atoms with Crippen LogP contribution in [0.15, 0.2) is 66.7 Å². The van der Waals surface area contributed by atoms with Crippen LogP contribution < -0.4 is 10.2 Å². The van der Waals surface area contributed by atoms with Crippen molar-refractivity contribution in [2.75, 3.05) is 10.2 Å². The van der Waals surface area contributed by atoms with Crippen molar-refractivity contribution >= 4 is 17.3 Å². The van der Waals surface area contributed by atoms with Gasteiger partial charge in [0.1, 0.15) is 17.5 Å². The Kier molecular flexibility index (Phi) is 5.33. The predicted molar refractivity (Wildman–Crippen MR) is 111 cm³/mol. The van der Waals surface area contributed by atoms with Crippen LogP contribution in [0.2, 0.25) is 0 Å². The summed E-state index contributed by atoms with van der Waals surface area (Å²) in [4.78, 5) is 11.6. The molecule has 0 unspecified atom stereocenters. The lowest BCUT2D eigenvalue weighted by molar-refractivity contribution is 0.748. The van der Waals surface area contributed by atoms with Crippen molar-refractivity contribution in [3.05, 3.63) is 78.1 Å². The van der Waals surface area contributed by atoms with Crippen molar-refractivity contribution in [3.8, 4) is 0 Å². The molecule has 4 heteroatoms. The lowest BCUT2D eigenvalue weighted by Gasteiger charge is -2.25. The molecule has 1 saturated carbocycles. The van der Waals surface area contributed by atoms with E-state index in [0.29, 0.717) is 6.04 Å². The minimum absolute atomic E-state index is 0.534. The van der Waals surface area contributed by atoms with E-state index in [0.717, 1.165) is 29.7 Å². The van der Waals surface area contributed by atoms with Crippen LogP contribution in [0.3, 0.4) is 0 Å². The number of hydrogen-bond donors (Lipinski definition) is 1. The molecule has 4 nitrogen and oxygen atoms in total. The minimum Gasteiger partial charge on any atom is -0.367 e. The summed E-state index contributed by atoms with van der Waals surface area (Å²) in [5.74, 6) is 2.65. The van der Waals surface area contributed by atoms with E-state index < -0.39 is 0 Å². The molecule has 0 amide bonds. The van der Waals surface area contributed by atoms with Gasteiger partial charge >= 0.3 is 0 Å². The largest absolute Gasteiger partial charge is 0.367 e. The molecule has 3 aromatic rings. The zero-order valence-electron chi connectivity index (χ0n) is 15.8. The van der Waals surface area contributed by atoms with Gasteiger partial charge in [0.25, 0.3) is 0 Å². The number of hydrogen-bond acceptors (Lipinski definition) is 4. The number of aromatic nitrogens is 2. The van der Waals surface area contributed by atoms with E-state index in [1.165, 1.54) is 31.2 Å². The number of rotatable bonds is 6. The molecule has 0 spiro atoms. The van der Waals surface area contributed by atoms with Crippen molar-refractivity contribution in [3.63, 3.8) is 0 Å². The second-order valence-corrected chi connectivity index (χ2v) is 7.19.